The molecule has 22 heavy (non-hydrogen) atoms. The number of carbonyl (C=O) groups is 2. The van der Waals surface area contributed by atoms with Crippen LogP contribution in [0.3, 0.4) is 0 Å². The quantitative estimate of drug-likeness (QED) is 0.783. The first-order valence-electron chi connectivity index (χ1n) is 7.41. The zero-order valence-corrected chi connectivity index (χ0v) is 13.0. The highest BCUT2D eigenvalue weighted by Gasteiger charge is 2.17. The van der Waals surface area contributed by atoms with Crippen LogP contribution in [0.2, 0.25) is 0 Å². The van der Waals surface area contributed by atoms with Crippen LogP contribution in [0.15, 0.2) is 18.2 Å². The summed E-state index contributed by atoms with van der Waals surface area (Å²) in [6.07, 6.45) is 1.83. The molecule has 0 spiro atoms. The van der Waals surface area contributed by atoms with Gasteiger partial charge in [0, 0.05) is 13.2 Å². The number of aryl methyl sites for hydroxylation is 1. The topological polar surface area (TPSA) is 76.7 Å². The highest BCUT2D eigenvalue weighted by molar-refractivity contribution is 6.04. The van der Waals surface area contributed by atoms with Gasteiger partial charge < -0.3 is 20.1 Å². The van der Waals surface area contributed by atoms with Crippen LogP contribution < -0.4 is 15.4 Å². The van der Waals surface area contributed by atoms with Gasteiger partial charge in [0.2, 0.25) is 11.8 Å². The summed E-state index contributed by atoms with van der Waals surface area (Å²) in [7, 11) is 1.54. The van der Waals surface area contributed by atoms with Gasteiger partial charge in [0.05, 0.1) is 18.9 Å². The molecule has 0 aromatic heterocycles. The molecule has 0 radical (unpaired) electrons. The van der Waals surface area contributed by atoms with E-state index in [-0.39, 0.29) is 24.3 Å². The molecule has 1 unspecified atom stereocenters. The zero-order chi connectivity index (χ0) is 15.9. The lowest BCUT2D eigenvalue weighted by molar-refractivity contribution is -0.127. The first-order valence-corrected chi connectivity index (χ1v) is 7.41. The van der Waals surface area contributed by atoms with Gasteiger partial charge in [-0.1, -0.05) is 6.07 Å². The van der Waals surface area contributed by atoms with Crippen LogP contribution in [-0.2, 0) is 14.3 Å². The Morgan fingerprint density at radius 1 is 1.36 bits per heavy atom. The van der Waals surface area contributed by atoms with Gasteiger partial charge in [-0.3, -0.25) is 9.59 Å². The van der Waals surface area contributed by atoms with E-state index in [1.807, 2.05) is 13.0 Å². The van der Waals surface area contributed by atoms with Gasteiger partial charge in [-0.2, -0.15) is 0 Å². The first kappa shape index (κ1) is 16.3. The normalized spacial score (nSPS) is 17.1. The molecule has 1 fully saturated rings. The molecule has 1 atom stereocenters. The Balaban J connectivity index is 1.81. The number of anilines is 1. The van der Waals surface area contributed by atoms with Crippen molar-refractivity contribution in [1.82, 2.24) is 5.32 Å². The molecule has 2 rings (SSSR count). The second-order valence-electron chi connectivity index (χ2n) is 5.37. The fourth-order valence-electron chi connectivity index (χ4n) is 2.36. The van der Waals surface area contributed by atoms with Crippen LogP contribution in [0.5, 0.6) is 5.75 Å². The number of hydrogen-bond acceptors (Lipinski definition) is 4. The van der Waals surface area contributed by atoms with E-state index < -0.39 is 0 Å². The molecule has 0 bridgehead atoms. The molecule has 1 aromatic rings. The number of carbonyl (C=O) groups excluding carboxylic acids is 2. The molecule has 1 aliphatic rings. The van der Waals surface area contributed by atoms with Gasteiger partial charge in [-0.05, 0) is 37.5 Å². The summed E-state index contributed by atoms with van der Waals surface area (Å²) in [4.78, 5) is 23.7. The number of methoxy groups -OCH3 is 1. The van der Waals surface area contributed by atoms with Crippen molar-refractivity contribution in [1.29, 1.82) is 0 Å². The summed E-state index contributed by atoms with van der Waals surface area (Å²) in [6, 6.07) is 5.48. The predicted molar refractivity (Wildman–Crippen MR) is 83.0 cm³/mol. The van der Waals surface area contributed by atoms with Crippen molar-refractivity contribution in [2.45, 2.75) is 32.3 Å². The minimum absolute atomic E-state index is 0.0730. The Bertz CT molecular complexity index is 539. The maximum atomic E-state index is 11.9. The summed E-state index contributed by atoms with van der Waals surface area (Å²) in [5.41, 5.74) is 1.57. The van der Waals surface area contributed by atoms with Crippen LogP contribution in [-0.4, -0.2) is 38.2 Å². The van der Waals surface area contributed by atoms with Gasteiger partial charge in [-0.15, -0.1) is 0 Å². The van der Waals surface area contributed by atoms with Crippen LogP contribution in [0.4, 0.5) is 5.69 Å². The third kappa shape index (κ3) is 4.73. The average Bonchev–Trinajstić information content (AvgIpc) is 2.98. The Kier molecular flexibility index (Phi) is 5.77. The number of rotatable bonds is 6. The molecule has 0 saturated carbocycles. The van der Waals surface area contributed by atoms with Crippen LogP contribution >= 0.6 is 0 Å². The minimum Gasteiger partial charge on any atom is -0.495 e. The van der Waals surface area contributed by atoms with Crippen LogP contribution in [0.25, 0.3) is 0 Å². The van der Waals surface area contributed by atoms with E-state index in [1.54, 1.807) is 12.1 Å². The smallest absolute Gasteiger partial charge is 0.233 e. The SMILES string of the molecule is COc1ccc(C)cc1NC(=O)CC(=O)NCC1CCCO1. The van der Waals surface area contributed by atoms with Gasteiger partial charge in [0.1, 0.15) is 12.2 Å². The van der Waals surface area contributed by atoms with Crippen molar-refractivity contribution in [2.24, 2.45) is 0 Å². The molecule has 1 saturated heterocycles. The predicted octanol–water partition coefficient (Wildman–Crippen LogP) is 1.63. The van der Waals surface area contributed by atoms with E-state index in [4.69, 9.17) is 9.47 Å². The molecule has 2 N–H and O–H groups in total. The minimum atomic E-state index is -0.367. The van der Waals surface area contributed by atoms with Crippen molar-refractivity contribution in [2.75, 3.05) is 25.6 Å². The first-order chi connectivity index (χ1) is 10.6. The van der Waals surface area contributed by atoms with Gasteiger partial charge in [0.15, 0.2) is 0 Å². The van der Waals surface area contributed by atoms with E-state index in [0.717, 1.165) is 25.0 Å². The number of benzene rings is 1. The second kappa shape index (κ2) is 7.79. The average molecular weight is 306 g/mol. The van der Waals surface area contributed by atoms with Crippen molar-refractivity contribution in [3.05, 3.63) is 23.8 Å². The molecule has 1 heterocycles. The fourth-order valence-corrected chi connectivity index (χ4v) is 2.36. The Morgan fingerprint density at radius 2 is 2.18 bits per heavy atom. The van der Waals surface area contributed by atoms with Gasteiger partial charge in [-0.25, -0.2) is 0 Å². The summed E-state index contributed by atoms with van der Waals surface area (Å²) >= 11 is 0. The lowest BCUT2D eigenvalue weighted by Crippen LogP contribution is -2.34. The Morgan fingerprint density at radius 3 is 2.86 bits per heavy atom. The van der Waals surface area contributed by atoms with Crippen LogP contribution in [0.1, 0.15) is 24.8 Å². The van der Waals surface area contributed by atoms with Gasteiger partial charge in [0.25, 0.3) is 0 Å². The molecule has 120 valence electrons. The monoisotopic (exact) mass is 306 g/mol. The van der Waals surface area contributed by atoms with Crippen molar-refractivity contribution in [3.63, 3.8) is 0 Å². The molecular formula is C16H22N2O4. The molecular weight excluding hydrogens is 284 g/mol. The maximum absolute atomic E-state index is 11.9. The second-order valence-corrected chi connectivity index (χ2v) is 5.37. The highest BCUT2D eigenvalue weighted by atomic mass is 16.5. The van der Waals surface area contributed by atoms with Crippen molar-refractivity contribution in [3.8, 4) is 5.75 Å². The van der Waals surface area contributed by atoms with E-state index >= 15 is 0 Å². The third-order valence-corrected chi connectivity index (χ3v) is 3.50. The van der Waals surface area contributed by atoms with Crippen molar-refractivity contribution < 1.29 is 19.1 Å². The largest absolute Gasteiger partial charge is 0.495 e. The summed E-state index contributed by atoms with van der Waals surface area (Å²) in [5, 5.41) is 5.43. The highest BCUT2D eigenvalue weighted by Crippen LogP contribution is 2.25. The summed E-state index contributed by atoms with van der Waals surface area (Å²) < 4.78 is 10.6. The van der Waals surface area contributed by atoms with E-state index in [2.05, 4.69) is 10.6 Å². The molecule has 0 aliphatic carbocycles. The zero-order valence-electron chi connectivity index (χ0n) is 13.0. The molecule has 1 aromatic carbocycles. The number of nitrogens with one attached hydrogen (secondary N) is 2. The third-order valence-electron chi connectivity index (χ3n) is 3.50. The van der Waals surface area contributed by atoms with Crippen LogP contribution in [0, 0.1) is 6.92 Å². The summed E-state index contributed by atoms with van der Waals surface area (Å²) in [5.74, 6) is -0.105. The lowest BCUT2D eigenvalue weighted by Gasteiger charge is -2.12. The number of amides is 2. The molecule has 6 heteroatoms. The number of ether oxygens (including phenoxy) is 2. The lowest BCUT2D eigenvalue weighted by atomic mass is 10.2. The Labute approximate surface area is 130 Å². The molecule has 6 nitrogen and oxygen atoms in total. The fraction of sp³-hybridized carbons (Fsp3) is 0.500. The standard InChI is InChI=1S/C16H22N2O4/c1-11-5-6-14(21-2)13(8-11)18-16(20)9-15(19)17-10-12-4-3-7-22-12/h5-6,8,12H,3-4,7,9-10H2,1-2H3,(H,17,19)(H,18,20). The van der Waals surface area contributed by atoms with E-state index in [9.17, 15) is 9.59 Å². The summed E-state index contributed by atoms with van der Waals surface area (Å²) in [6.45, 7) is 3.12. The molecule has 2 amide bonds. The van der Waals surface area contributed by atoms with E-state index in [1.165, 1.54) is 7.11 Å². The number of hydrogen-bond donors (Lipinski definition) is 2. The van der Waals surface area contributed by atoms with E-state index in [0.29, 0.717) is 18.0 Å². The maximum Gasteiger partial charge on any atom is 0.233 e. The Hall–Kier alpha value is -2.08. The molecule has 1 aliphatic heterocycles. The van der Waals surface area contributed by atoms with Gasteiger partial charge >= 0.3 is 0 Å². The van der Waals surface area contributed by atoms with Crippen molar-refractivity contribution >= 4 is 17.5 Å².